The molecule has 0 saturated carbocycles. The van der Waals surface area contributed by atoms with Crippen LogP contribution in [0.4, 0.5) is 5.69 Å². The monoisotopic (exact) mass is 310 g/mol. The lowest BCUT2D eigenvalue weighted by molar-refractivity contribution is 0.414. The highest BCUT2D eigenvalue weighted by atomic mass is 35.5. The molecule has 1 aromatic carbocycles. The van der Waals surface area contributed by atoms with E-state index in [4.69, 9.17) is 16.3 Å². The number of benzene rings is 1. The molecule has 0 bridgehead atoms. The van der Waals surface area contributed by atoms with Crippen LogP contribution in [0.2, 0.25) is 5.02 Å². The second-order valence-corrected chi connectivity index (χ2v) is 6.49. The zero-order chi connectivity index (χ0) is 15.2. The van der Waals surface area contributed by atoms with Gasteiger partial charge >= 0.3 is 0 Å². The third kappa shape index (κ3) is 4.79. The summed E-state index contributed by atoms with van der Waals surface area (Å²) < 4.78 is 5.43. The number of hydrogen-bond donors (Lipinski definition) is 2. The molecule has 0 aliphatic carbocycles. The second-order valence-electron chi connectivity index (χ2n) is 6.08. The lowest BCUT2D eigenvalue weighted by atomic mass is 10.0. The Morgan fingerprint density at radius 3 is 2.95 bits per heavy atom. The van der Waals surface area contributed by atoms with E-state index < -0.39 is 0 Å². The number of hydrogen-bond acceptors (Lipinski definition) is 3. The summed E-state index contributed by atoms with van der Waals surface area (Å²) >= 11 is 6.16. The number of rotatable bonds is 5. The molecule has 2 unspecified atom stereocenters. The van der Waals surface area contributed by atoms with E-state index in [0.29, 0.717) is 12.1 Å². The molecule has 0 aromatic heterocycles. The van der Waals surface area contributed by atoms with Crippen LogP contribution < -0.4 is 15.4 Å². The lowest BCUT2D eigenvalue weighted by Crippen LogP contribution is -2.33. The third-order valence-corrected chi connectivity index (χ3v) is 4.59. The molecule has 3 nitrogen and oxygen atoms in total. The van der Waals surface area contributed by atoms with Crippen molar-refractivity contribution in [2.75, 3.05) is 19.0 Å². The standard InChI is InChI=1S/C17H27ClN2O/c1-12-9-16(17(21-3)11-15(12)18)20-13(2)10-14-7-5-4-6-8-19-14/h9,11,13-14,19-20H,4-8,10H2,1-3H3. The molecule has 1 aliphatic heterocycles. The summed E-state index contributed by atoms with van der Waals surface area (Å²) in [6.07, 6.45) is 6.42. The highest BCUT2D eigenvalue weighted by Gasteiger charge is 2.16. The molecule has 2 rings (SSSR count). The molecule has 1 aliphatic rings. The van der Waals surface area contributed by atoms with E-state index in [9.17, 15) is 0 Å². The van der Waals surface area contributed by atoms with E-state index >= 15 is 0 Å². The predicted molar refractivity (Wildman–Crippen MR) is 90.7 cm³/mol. The smallest absolute Gasteiger partial charge is 0.143 e. The first kappa shape index (κ1) is 16.4. The summed E-state index contributed by atoms with van der Waals surface area (Å²) in [5.41, 5.74) is 2.10. The van der Waals surface area contributed by atoms with Gasteiger partial charge in [0.25, 0.3) is 0 Å². The second kappa shape index (κ2) is 7.90. The SMILES string of the molecule is COc1cc(Cl)c(C)cc1NC(C)CC1CCCCCN1. The fraction of sp³-hybridized carbons (Fsp3) is 0.647. The van der Waals surface area contributed by atoms with Crippen LogP contribution in [0.3, 0.4) is 0 Å². The molecule has 21 heavy (non-hydrogen) atoms. The number of nitrogens with one attached hydrogen (secondary N) is 2. The highest BCUT2D eigenvalue weighted by molar-refractivity contribution is 6.31. The van der Waals surface area contributed by atoms with Gasteiger partial charge in [-0.3, -0.25) is 0 Å². The largest absolute Gasteiger partial charge is 0.495 e. The summed E-state index contributed by atoms with van der Waals surface area (Å²) in [5.74, 6) is 0.811. The minimum Gasteiger partial charge on any atom is -0.495 e. The fourth-order valence-electron chi connectivity index (χ4n) is 3.00. The van der Waals surface area contributed by atoms with Gasteiger partial charge in [0, 0.05) is 23.2 Å². The first-order chi connectivity index (χ1) is 10.1. The van der Waals surface area contributed by atoms with Gasteiger partial charge in [-0.1, -0.05) is 24.4 Å². The molecule has 2 atom stereocenters. The van der Waals surface area contributed by atoms with Gasteiger partial charge in [-0.15, -0.1) is 0 Å². The molecule has 1 aromatic rings. The average molecular weight is 311 g/mol. The quantitative estimate of drug-likeness (QED) is 0.846. The zero-order valence-electron chi connectivity index (χ0n) is 13.3. The topological polar surface area (TPSA) is 33.3 Å². The van der Waals surface area contributed by atoms with Gasteiger partial charge in [-0.2, -0.15) is 0 Å². The zero-order valence-corrected chi connectivity index (χ0v) is 14.1. The molecule has 4 heteroatoms. The van der Waals surface area contributed by atoms with Crippen molar-refractivity contribution in [1.82, 2.24) is 5.32 Å². The van der Waals surface area contributed by atoms with Crippen molar-refractivity contribution in [3.8, 4) is 5.75 Å². The predicted octanol–water partition coefficient (Wildman–Crippen LogP) is 4.38. The van der Waals surface area contributed by atoms with Crippen molar-refractivity contribution < 1.29 is 4.74 Å². The Hall–Kier alpha value is -0.930. The van der Waals surface area contributed by atoms with Gasteiger partial charge in [0.15, 0.2) is 0 Å². The van der Waals surface area contributed by atoms with Gasteiger partial charge in [-0.25, -0.2) is 0 Å². The summed E-state index contributed by atoms with van der Waals surface area (Å²) in [4.78, 5) is 0. The van der Waals surface area contributed by atoms with E-state index in [2.05, 4.69) is 23.6 Å². The molecule has 2 N–H and O–H groups in total. The van der Waals surface area contributed by atoms with E-state index in [1.807, 2.05) is 13.0 Å². The van der Waals surface area contributed by atoms with E-state index in [-0.39, 0.29) is 0 Å². The van der Waals surface area contributed by atoms with Crippen LogP contribution in [0.1, 0.15) is 44.6 Å². The molecule has 1 saturated heterocycles. The van der Waals surface area contributed by atoms with Crippen LogP contribution in [-0.2, 0) is 0 Å². The van der Waals surface area contributed by atoms with Crippen LogP contribution in [0, 0.1) is 6.92 Å². The summed E-state index contributed by atoms with van der Waals surface area (Å²) in [6, 6.07) is 4.97. The van der Waals surface area contributed by atoms with Gasteiger partial charge < -0.3 is 15.4 Å². The lowest BCUT2D eigenvalue weighted by Gasteiger charge is -2.23. The van der Waals surface area contributed by atoms with Crippen LogP contribution in [-0.4, -0.2) is 25.7 Å². The molecular formula is C17H27ClN2O. The number of anilines is 1. The molecule has 118 valence electrons. The van der Waals surface area contributed by atoms with Crippen molar-refractivity contribution in [1.29, 1.82) is 0 Å². The normalized spacial score (nSPS) is 20.7. The van der Waals surface area contributed by atoms with Crippen molar-refractivity contribution in [2.45, 2.75) is 58.0 Å². The van der Waals surface area contributed by atoms with Crippen molar-refractivity contribution >= 4 is 17.3 Å². The van der Waals surface area contributed by atoms with E-state index in [1.165, 1.54) is 25.7 Å². The molecule has 0 spiro atoms. The number of methoxy groups -OCH3 is 1. The third-order valence-electron chi connectivity index (χ3n) is 4.18. The minimum atomic E-state index is 0.398. The molecule has 0 amide bonds. The molecule has 0 radical (unpaired) electrons. The number of ether oxygens (including phenoxy) is 1. The fourth-order valence-corrected chi connectivity index (χ4v) is 3.15. The van der Waals surface area contributed by atoms with Crippen molar-refractivity contribution in [2.24, 2.45) is 0 Å². The van der Waals surface area contributed by atoms with Gasteiger partial charge in [0.1, 0.15) is 5.75 Å². The van der Waals surface area contributed by atoms with Crippen molar-refractivity contribution in [3.63, 3.8) is 0 Å². The molecule has 1 heterocycles. The Bertz CT molecular complexity index is 456. The Kier molecular flexibility index (Phi) is 6.19. The Morgan fingerprint density at radius 1 is 1.38 bits per heavy atom. The van der Waals surface area contributed by atoms with Crippen LogP contribution >= 0.6 is 11.6 Å². The first-order valence-electron chi connectivity index (χ1n) is 7.94. The number of aryl methyl sites for hydroxylation is 1. The maximum absolute atomic E-state index is 6.16. The van der Waals surface area contributed by atoms with Crippen LogP contribution in [0.25, 0.3) is 0 Å². The Balaban J connectivity index is 1.98. The van der Waals surface area contributed by atoms with Gasteiger partial charge in [-0.05, 0) is 51.3 Å². The number of halogens is 1. The maximum atomic E-state index is 6.16. The minimum absolute atomic E-state index is 0.398. The van der Waals surface area contributed by atoms with Gasteiger partial charge in [0.05, 0.1) is 12.8 Å². The van der Waals surface area contributed by atoms with Crippen LogP contribution in [0.5, 0.6) is 5.75 Å². The first-order valence-corrected chi connectivity index (χ1v) is 8.32. The van der Waals surface area contributed by atoms with Gasteiger partial charge in [0.2, 0.25) is 0 Å². The summed E-state index contributed by atoms with van der Waals surface area (Å²) in [5, 5.41) is 7.97. The Labute approximate surface area is 133 Å². The van der Waals surface area contributed by atoms with Crippen molar-refractivity contribution in [3.05, 3.63) is 22.7 Å². The highest BCUT2D eigenvalue weighted by Crippen LogP contribution is 2.31. The average Bonchev–Trinajstić information content (AvgIpc) is 2.71. The maximum Gasteiger partial charge on any atom is 0.143 e. The van der Waals surface area contributed by atoms with E-state index in [0.717, 1.165) is 35.0 Å². The molecular weight excluding hydrogens is 284 g/mol. The van der Waals surface area contributed by atoms with E-state index in [1.54, 1.807) is 7.11 Å². The summed E-state index contributed by atoms with van der Waals surface area (Å²) in [6.45, 7) is 5.40. The Morgan fingerprint density at radius 2 is 2.19 bits per heavy atom. The summed E-state index contributed by atoms with van der Waals surface area (Å²) in [7, 11) is 1.68. The molecule has 1 fully saturated rings. The van der Waals surface area contributed by atoms with Crippen LogP contribution in [0.15, 0.2) is 12.1 Å².